The largest absolute Gasteiger partial charge is 0.339 e. The molecule has 2 amide bonds. The molecule has 5 nitrogen and oxygen atoms in total. The average Bonchev–Trinajstić information content (AvgIpc) is 2.69. The van der Waals surface area contributed by atoms with Gasteiger partial charge in [-0.25, -0.2) is 0 Å². The third-order valence-electron chi connectivity index (χ3n) is 5.70. The Balaban J connectivity index is 1.53. The van der Waals surface area contributed by atoms with E-state index in [9.17, 15) is 9.59 Å². The summed E-state index contributed by atoms with van der Waals surface area (Å²) in [6, 6.07) is 9.99. The predicted octanol–water partition coefficient (Wildman–Crippen LogP) is 3.13. The first-order chi connectivity index (χ1) is 12.7. The van der Waals surface area contributed by atoms with E-state index in [1.807, 2.05) is 30.3 Å². The highest BCUT2D eigenvalue weighted by Gasteiger charge is 2.30. The van der Waals surface area contributed by atoms with Crippen LogP contribution in [0, 0.1) is 5.92 Å². The third kappa shape index (κ3) is 4.85. The van der Waals surface area contributed by atoms with Crippen LogP contribution in [0.5, 0.6) is 0 Å². The number of likely N-dealkylation sites (tertiary alicyclic amines) is 2. The van der Waals surface area contributed by atoms with Gasteiger partial charge in [-0.05, 0) is 57.2 Å². The Labute approximate surface area is 156 Å². The Hall–Kier alpha value is -1.88. The Morgan fingerprint density at radius 2 is 1.88 bits per heavy atom. The molecular weight excluding hydrogens is 326 g/mol. The van der Waals surface area contributed by atoms with Gasteiger partial charge in [0, 0.05) is 24.8 Å². The second-order valence-corrected chi connectivity index (χ2v) is 7.57. The molecule has 5 heteroatoms. The Morgan fingerprint density at radius 3 is 2.65 bits per heavy atom. The van der Waals surface area contributed by atoms with Gasteiger partial charge in [-0.3, -0.25) is 14.5 Å². The first kappa shape index (κ1) is 18.9. The topological polar surface area (TPSA) is 52.7 Å². The number of nitrogens with zero attached hydrogens (tertiary/aromatic N) is 2. The van der Waals surface area contributed by atoms with E-state index < -0.39 is 0 Å². The quantitative estimate of drug-likeness (QED) is 0.881. The Kier molecular flexibility index (Phi) is 6.67. The number of hydrogen-bond acceptors (Lipinski definition) is 3. The highest BCUT2D eigenvalue weighted by molar-refractivity contribution is 5.92. The highest BCUT2D eigenvalue weighted by Crippen LogP contribution is 2.22. The van der Waals surface area contributed by atoms with Gasteiger partial charge in [0.2, 0.25) is 11.8 Å². The lowest BCUT2D eigenvalue weighted by molar-refractivity contribution is -0.137. The summed E-state index contributed by atoms with van der Waals surface area (Å²) < 4.78 is 0. The molecule has 2 heterocycles. The fourth-order valence-corrected chi connectivity index (χ4v) is 4.21. The zero-order chi connectivity index (χ0) is 18.4. The summed E-state index contributed by atoms with van der Waals surface area (Å²) in [5, 5.41) is 3.00. The van der Waals surface area contributed by atoms with Gasteiger partial charge in [-0.15, -0.1) is 0 Å². The molecule has 3 rings (SSSR count). The molecule has 26 heavy (non-hydrogen) atoms. The number of carbonyl (C=O) groups is 2. The van der Waals surface area contributed by atoms with Crippen molar-refractivity contribution in [2.75, 3.05) is 31.5 Å². The maximum atomic E-state index is 12.8. The maximum absolute atomic E-state index is 12.8. The van der Waals surface area contributed by atoms with Gasteiger partial charge in [0.1, 0.15) is 0 Å². The highest BCUT2D eigenvalue weighted by atomic mass is 16.2. The van der Waals surface area contributed by atoms with Crippen molar-refractivity contribution >= 4 is 17.5 Å². The smallest absolute Gasteiger partial charge is 0.236 e. The molecule has 1 aromatic carbocycles. The van der Waals surface area contributed by atoms with Gasteiger partial charge >= 0.3 is 0 Å². The molecule has 2 saturated heterocycles. The summed E-state index contributed by atoms with van der Waals surface area (Å²) in [5.41, 5.74) is 0.838. The normalized spacial score (nSPS) is 24.3. The van der Waals surface area contributed by atoms with Crippen molar-refractivity contribution in [1.29, 1.82) is 0 Å². The van der Waals surface area contributed by atoms with E-state index in [0.29, 0.717) is 19.1 Å². The monoisotopic (exact) mass is 357 g/mol. The average molecular weight is 357 g/mol. The molecule has 0 aliphatic carbocycles. The number of nitrogens with one attached hydrogen (secondary N) is 1. The van der Waals surface area contributed by atoms with Crippen LogP contribution in [0.2, 0.25) is 0 Å². The number of benzene rings is 1. The van der Waals surface area contributed by atoms with Crippen LogP contribution in [0.3, 0.4) is 0 Å². The summed E-state index contributed by atoms with van der Waals surface area (Å²) in [7, 11) is 0. The first-order valence-electron chi connectivity index (χ1n) is 10.0. The fourth-order valence-electron chi connectivity index (χ4n) is 4.21. The standard InChI is InChI=1S/C21H31N3O2/c1-2-19-12-6-7-14-24(19)20(25)16-23-13-8-9-17(15-23)21(26)22-18-10-4-3-5-11-18/h3-5,10-11,17,19H,2,6-9,12-16H2,1H3,(H,22,26). The Bertz CT molecular complexity index is 605. The zero-order valence-electron chi connectivity index (χ0n) is 15.8. The van der Waals surface area contributed by atoms with Crippen molar-refractivity contribution in [3.63, 3.8) is 0 Å². The van der Waals surface area contributed by atoms with Crippen LogP contribution in [0.25, 0.3) is 0 Å². The van der Waals surface area contributed by atoms with Crippen LogP contribution in [0.4, 0.5) is 5.69 Å². The van der Waals surface area contributed by atoms with Gasteiger partial charge in [-0.1, -0.05) is 25.1 Å². The maximum Gasteiger partial charge on any atom is 0.236 e. The van der Waals surface area contributed by atoms with Crippen molar-refractivity contribution in [2.24, 2.45) is 5.92 Å². The molecule has 2 aliphatic rings. The van der Waals surface area contributed by atoms with Crippen LogP contribution in [0.1, 0.15) is 45.4 Å². The van der Waals surface area contributed by atoms with Gasteiger partial charge < -0.3 is 10.2 Å². The van der Waals surface area contributed by atoms with Crippen LogP contribution < -0.4 is 5.32 Å². The minimum atomic E-state index is -0.0416. The van der Waals surface area contributed by atoms with E-state index in [1.165, 1.54) is 6.42 Å². The number of carbonyl (C=O) groups excluding carboxylic acids is 2. The zero-order valence-corrected chi connectivity index (χ0v) is 15.8. The SMILES string of the molecule is CCC1CCCCN1C(=O)CN1CCCC(C(=O)Nc2ccccc2)C1. The second-order valence-electron chi connectivity index (χ2n) is 7.57. The Morgan fingerprint density at radius 1 is 1.08 bits per heavy atom. The molecule has 2 atom stereocenters. The number of piperidine rings is 2. The van der Waals surface area contributed by atoms with Crippen LogP contribution in [0.15, 0.2) is 30.3 Å². The molecule has 0 bridgehead atoms. The summed E-state index contributed by atoms with van der Waals surface area (Å²) in [6.07, 6.45) is 6.37. The van der Waals surface area contributed by atoms with E-state index in [2.05, 4.69) is 22.0 Å². The predicted molar refractivity (Wildman–Crippen MR) is 104 cm³/mol. The van der Waals surface area contributed by atoms with E-state index in [4.69, 9.17) is 0 Å². The van der Waals surface area contributed by atoms with Gasteiger partial charge in [-0.2, -0.15) is 0 Å². The lowest BCUT2D eigenvalue weighted by atomic mass is 9.96. The number of hydrogen-bond donors (Lipinski definition) is 1. The molecule has 2 unspecified atom stereocenters. The molecule has 0 saturated carbocycles. The lowest BCUT2D eigenvalue weighted by Crippen LogP contribution is -2.50. The van der Waals surface area contributed by atoms with Crippen LogP contribution in [-0.2, 0) is 9.59 Å². The summed E-state index contributed by atoms with van der Waals surface area (Å²) in [6.45, 7) is 5.09. The summed E-state index contributed by atoms with van der Waals surface area (Å²) >= 11 is 0. The molecule has 0 aromatic heterocycles. The lowest BCUT2D eigenvalue weighted by Gasteiger charge is -2.38. The van der Waals surface area contributed by atoms with Gasteiger partial charge in [0.25, 0.3) is 0 Å². The number of amides is 2. The molecular formula is C21H31N3O2. The van der Waals surface area contributed by atoms with Gasteiger partial charge in [0.05, 0.1) is 12.5 Å². The molecule has 0 spiro atoms. The first-order valence-corrected chi connectivity index (χ1v) is 10.0. The molecule has 1 aromatic rings. The fraction of sp³-hybridized carbons (Fsp3) is 0.619. The van der Waals surface area contributed by atoms with Crippen molar-refractivity contribution in [3.05, 3.63) is 30.3 Å². The summed E-state index contributed by atoms with van der Waals surface area (Å²) in [4.78, 5) is 29.6. The van der Waals surface area contributed by atoms with Crippen LogP contribution >= 0.6 is 0 Å². The summed E-state index contributed by atoms with van der Waals surface area (Å²) in [5.74, 6) is 0.263. The minimum absolute atomic E-state index is 0.0416. The van der Waals surface area contributed by atoms with E-state index >= 15 is 0 Å². The molecule has 2 aliphatic heterocycles. The van der Waals surface area contributed by atoms with Crippen molar-refractivity contribution in [2.45, 2.75) is 51.5 Å². The van der Waals surface area contributed by atoms with Gasteiger partial charge in [0.15, 0.2) is 0 Å². The molecule has 0 radical (unpaired) electrons. The van der Waals surface area contributed by atoms with E-state index in [1.54, 1.807) is 0 Å². The molecule has 142 valence electrons. The second kappa shape index (κ2) is 9.17. The van der Waals surface area contributed by atoms with E-state index in [0.717, 1.165) is 50.9 Å². The third-order valence-corrected chi connectivity index (χ3v) is 5.70. The van der Waals surface area contributed by atoms with E-state index in [-0.39, 0.29) is 17.7 Å². The molecule has 1 N–H and O–H groups in total. The minimum Gasteiger partial charge on any atom is -0.339 e. The number of anilines is 1. The number of para-hydroxylation sites is 1. The van der Waals surface area contributed by atoms with Crippen LogP contribution in [-0.4, -0.2) is 53.8 Å². The van der Waals surface area contributed by atoms with Crippen molar-refractivity contribution < 1.29 is 9.59 Å². The number of rotatable bonds is 5. The van der Waals surface area contributed by atoms with Crippen molar-refractivity contribution in [3.8, 4) is 0 Å². The van der Waals surface area contributed by atoms with Crippen molar-refractivity contribution in [1.82, 2.24) is 9.80 Å². The molecule has 2 fully saturated rings.